The number of nitrogens with one attached hydrogen (secondary N) is 2. The van der Waals surface area contributed by atoms with Crippen molar-refractivity contribution in [3.63, 3.8) is 0 Å². The number of rotatable bonds is 6. The number of carbonyl (C=O) groups excluding carboxylic acids is 1. The number of para-hydroxylation sites is 1. The first-order chi connectivity index (χ1) is 10.6. The molecule has 1 fully saturated rings. The monoisotopic (exact) mass is 306 g/mol. The summed E-state index contributed by atoms with van der Waals surface area (Å²) in [4.78, 5) is 12.1. The van der Waals surface area contributed by atoms with E-state index in [9.17, 15) is 4.79 Å². The molecule has 1 aliphatic heterocycles. The van der Waals surface area contributed by atoms with Gasteiger partial charge in [0.15, 0.2) is 0 Å². The molecule has 2 N–H and O–H groups in total. The third-order valence-electron chi connectivity index (χ3n) is 3.80. The fraction of sp³-hybridized carbons (Fsp3) is 0.588. The van der Waals surface area contributed by atoms with Crippen molar-refractivity contribution >= 4 is 5.91 Å². The van der Waals surface area contributed by atoms with Crippen LogP contribution in [0.15, 0.2) is 24.3 Å². The third-order valence-corrected chi connectivity index (χ3v) is 3.80. The molecule has 5 nitrogen and oxygen atoms in total. The van der Waals surface area contributed by atoms with Gasteiger partial charge in [-0.15, -0.1) is 0 Å². The zero-order valence-corrected chi connectivity index (χ0v) is 13.6. The van der Waals surface area contributed by atoms with Gasteiger partial charge in [-0.05, 0) is 24.5 Å². The molecule has 1 heterocycles. The number of amides is 1. The molecule has 122 valence electrons. The predicted octanol–water partition coefficient (Wildman–Crippen LogP) is 1.68. The Morgan fingerprint density at radius 1 is 1.45 bits per heavy atom. The van der Waals surface area contributed by atoms with Crippen LogP contribution in [-0.2, 0) is 9.53 Å². The van der Waals surface area contributed by atoms with E-state index in [1.54, 1.807) is 0 Å². The summed E-state index contributed by atoms with van der Waals surface area (Å²) in [6, 6.07) is 7.74. The van der Waals surface area contributed by atoms with Gasteiger partial charge in [-0.3, -0.25) is 4.79 Å². The molecule has 1 aromatic rings. The van der Waals surface area contributed by atoms with E-state index in [2.05, 4.69) is 30.5 Å². The summed E-state index contributed by atoms with van der Waals surface area (Å²) < 4.78 is 11.3. The van der Waals surface area contributed by atoms with Crippen LogP contribution in [-0.4, -0.2) is 44.4 Å². The van der Waals surface area contributed by atoms with Crippen LogP contribution in [0, 0.1) is 0 Å². The maximum Gasteiger partial charge on any atom is 0.239 e. The largest absolute Gasteiger partial charge is 0.491 e. The van der Waals surface area contributed by atoms with Gasteiger partial charge in [0, 0.05) is 6.54 Å². The van der Waals surface area contributed by atoms with E-state index >= 15 is 0 Å². The zero-order valence-electron chi connectivity index (χ0n) is 13.6. The summed E-state index contributed by atoms with van der Waals surface area (Å²) in [6.45, 7) is 8.49. The van der Waals surface area contributed by atoms with Gasteiger partial charge >= 0.3 is 0 Å². The lowest BCUT2D eigenvalue weighted by molar-refractivity contribution is -0.129. The Bertz CT molecular complexity index is 491. The number of benzene rings is 1. The van der Waals surface area contributed by atoms with E-state index in [1.165, 1.54) is 5.56 Å². The van der Waals surface area contributed by atoms with Gasteiger partial charge < -0.3 is 20.1 Å². The molecule has 2 atom stereocenters. The average Bonchev–Trinajstić information content (AvgIpc) is 2.52. The molecule has 1 amide bonds. The van der Waals surface area contributed by atoms with Gasteiger partial charge in [0.25, 0.3) is 0 Å². The van der Waals surface area contributed by atoms with Crippen molar-refractivity contribution in [2.24, 2.45) is 0 Å². The first kappa shape index (κ1) is 16.8. The van der Waals surface area contributed by atoms with E-state index in [4.69, 9.17) is 9.47 Å². The molecule has 1 saturated heterocycles. The van der Waals surface area contributed by atoms with Crippen molar-refractivity contribution in [1.29, 1.82) is 0 Å². The SMILES string of the molecule is CC(C)c1ccccc1OCCNC(=O)[C@H]1NCCO[C@@H]1C. The predicted molar refractivity (Wildman–Crippen MR) is 86.2 cm³/mol. The van der Waals surface area contributed by atoms with Crippen LogP contribution in [0.1, 0.15) is 32.3 Å². The van der Waals surface area contributed by atoms with Gasteiger partial charge in [-0.25, -0.2) is 0 Å². The van der Waals surface area contributed by atoms with Gasteiger partial charge in [0.05, 0.1) is 19.3 Å². The van der Waals surface area contributed by atoms with Gasteiger partial charge in [0.1, 0.15) is 18.4 Å². The van der Waals surface area contributed by atoms with Crippen molar-refractivity contribution in [2.45, 2.75) is 38.8 Å². The summed E-state index contributed by atoms with van der Waals surface area (Å²) in [5.41, 5.74) is 1.18. The lowest BCUT2D eigenvalue weighted by Gasteiger charge is -2.29. The minimum atomic E-state index is -0.281. The number of hydrogen-bond acceptors (Lipinski definition) is 4. The molecular weight excluding hydrogens is 280 g/mol. The van der Waals surface area contributed by atoms with Crippen molar-refractivity contribution in [2.75, 3.05) is 26.3 Å². The molecule has 5 heteroatoms. The summed E-state index contributed by atoms with van der Waals surface area (Å²) in [5.74, 6) is 1.27. The Kier molecular flexibility index (Phi) is 6.21. The highest BCUT2D eigenvalue weighted by molar-refractivity contribution is 5.82. The standard InChI is InChI=1S/C17H26N2O3/c1-12(2)14-6-4-5-7-15(14)22-11-9-19-17(20)16-13(3)21-10-8-18-16/h4-7,12-13,16,18H,8-11H2,1-3H3,(H,19,20)/t13-,16+/m1/s1. The van der Waals surface area contributed by atoms with Gasteiger partial charge in [0.2, 0.25) is 5.91 Å². The van der Waals surface area contributed by atoms with Crippen LogP contribution in [0.5, 0.6) is 5.75 Å². The molecule has 0 spiro atoms. The van der Waals surface area contributed by atoms with Crippen molar-refractivity contribution in [3.8, 4) is 5.75 Å². The van der Waals surface area contributed by atoms with Gasteiger partial charge in [-0.1, -0.05) is 32.0 Å². The van der Waals surface area contributed by atoms with Crippen molar-refractivity contribution in [3.05, 3.63) is 29.8 Å². The Morgan fingerprint density at radius 3 is 2.95 bits per heavy atom. The summed E-state index contributed by atoms with van der Waals surface area (Å²) in [6.07, 6.45) is -0.101. The van der Waals surface area contributed by atoms with Crippen LogP contribution >= 0.6 is 0 Å². The number of carbonyl (C=O) groups is 1. The Morgan fingerprint density at radius 2 is 2.23 bits per heavy atom. The van der Waals surface area contributed by atoms with Crippen molar-refractivity contribution < 1.29 is 14.3 Å². The minimum Gasteiger partial charge on any atom is -0.491 e. The van der Waals surface area contributed by atoms with Crippen LogP contribution in [0.25, 0.3) is 0 Å². The Hall–Kier alpha value is -1.59. The lowest BCUT2D eigenvalue weighted by atomic mass is 10.0. The average molecular weight is 306 g/mol. The molecule has 0 aromatic heterocycles. The second kappa shape index (κ2) is 8.15. The molecule has 0 unspecified atom stereocenters. The number of morpholine rings is 1. The fourth-order valence-electron chi connectivity index (χ4n) is 2.56. The van der Waals surface area contributed by atoms with E-state index in [0.29, 0.717) is 32.2 Å². The molecular formula is C17H26N2O3. The zero-order chi connectivity index (χ0) is 15.9. The second-order valence-electron chi connectivity index (χ2n) is 5.84. The minimum absolute atomic E-state index is 0.0343. The summed E-state index contributed by atoms with van der Waals surface area (Å²) >= 11 is 0. The van der Waals surface area contributed by atoms with Crippen LogP contribution in [0.2, 0.25) is 0 Å². The summed E-state index contributed by atoms with van der Waals surface area (Å²) in [5, 5.41) is 6.07. The van der Waals surface area contributed by atoms with E-state index < -0.39 is 0 Å². The fourth-order valence-corrected chi connectivity index (χ4v) is 2.56. The molecule has 0 radical (unpaired) electrons. The van der Waals surface area contributed by atoms with E-state index in [1.807, 2.05) is 25.1 Å². The third kappa shape index (κ3) is 4.45. The van der Waals surface area contributed by atoms with Crippen LogP contribution in [0.3, 0.4) is 0 Å². The highest BCUT2D eigenvalue weighted by atomic mass is 16.5. The van der Waals surface area contributed by atoms with Gasteiger partial charge in [-0.2, -0.15) is 0 Å². The van der Waals surface area contributed by atoms with E-state index in [0.717, 1.165) is 5.75 Å². The quantitative estimate of drug-likeness (QED) is 0.785. The molecule has 1 aromatic carbocycles. The first-order valence-corrected chi connectivity index (χ1v) is 7.94. The summed E-state index contributed by atoms with van der Waals surface area (Å²) in [7, 11) is 0. The number of hydrogen-bond donors (Lipinski definition) is 2. The molecule has 22 heavy (non-hydrogen) atoms. The van der Waals surface area contributed by atoms with Crippen LogP contribution in [0.4, 0.5) is 0 Å². The smallest absolute Gasteiger partial charge is 0.239 e. The molecule has 0 saturated carbocycles. The molecule has 0 aliphatic carbocycles. The van der Waals surface area contributed by atoms with Crippen molar-refractivity contribution in [1.82, 2.24) is 10.6 Å². The Balaban J connectivity index is 1.76. The molecule has 1 aliphatic rings. The number of ether oxygens (including phenoxy) is 2. The topological polar surface area (TPSA) is 59.6 Å². The second-order valence-corrected chi connectivity index (χ2v) is 5.84. The first-order valence-electron chi connectivity index (χ1n) is 7.94. The van der Waals surface area contributed by atoms with E-state index in [-0.39, 0.29) is 18.1 Å². The highest BCUT2D eigenvalue weighted by Crippen LogP contribution is 2.25. The maximum atomic E-state index is 12.1. The Labute approximate surface area is 132 Å². The molecule has 0 bridgehead atoms. The van der Waals surface area contributed by atoms with Crippen LogP contribution < -0.4 is 15.4 Å². The maximum absolute atomic E-state index is 12.1. The molecule has 2 rings (SSSR count). The highest BCUT2D eigenvalue weighted by Gasteiger charge is 2.27. The normalized spacial score (nSPS) is 21.6. The lowest BCUT2D eigenvalue weighted by Crippen LogP contribution is -2.55.